The van der Waals surface area contributed by atoms with E-state index in [1.54, 1.807) is 7.05 Å². The fraction of sp³-hybridized carbons (Fsp3) is 0.556. The normalized spacial score (nSPS) is 5.43. The van der Waals surface area contributed by atoms with Crippen LogP contribution in [0.3, 0.4) is 0 Å². The van der Waals surface area contributed by atoms with Crippen molar-refractivity contribution in [2.45, 2.75) is 20.8 Å². The van der Waals surface area contributed by atoms with E-state index in [1.807, 2.05) is 0 Å². The molecule has 0 atom stereocenters. The zero-order chi connectivity index (χ0) is 11.7. The number of hydrogen-bond acceptors (Lipinski definition) is 3. The van der Waals surface area contributed by atoms with Gasteiger partial charge in [-0.1, -0.05) is 0 Å². The first kappa shape index (κ1) is 29.2. The third-order valence-corrected chi connectivity index (χ3v) is 0.237. The van der Waals surface area contributed by atoms with Gasteiger partial charge in [-0.25, -0.2) is 6.57 Å². The first-order valence-corrected chi connectivity index (χ1v) is 3.36. The molecule has 0 aliphatic carbocycles. The molecule has 0 aromatic rings. The summed E-state index contributed by atoms with van der Waals surface area (Å²) in [7, 11) is 1.75. The average molecular weight is 286 g/mol. The SMILES string of the molecule is C[C-](C)C.[C-]#[N+]CNC.[CH-]=O.[CH-]=O.[Ru+4]. The summed E-state index contributed by atoms with van der Waals surface area (Å²) in [6, 6.07) is 0. The fourth-order valence-corrected chi connectivity index (χ4v) is 0.0791. The third kappa shape index (κ3) is 620. The Labute approximate surface area is 100 Å². The van der Waals surface area contributed by atoms with Gasteiger partial charge in [0.25, 0.3) is 6.67 Å². The maximum atomic E-state index is 7.75. The van der Waals surface area contributed by atoms with Crippen LogP contribution in [0.4, 0.5) is 0 Å². The average Bonchev–Trinajstić information content (AvgIpc) is 2.12. The second-order valence-electron chi connectivity index (χ2n) is 2.17. The topological polar surface area (TPSA) is 50.5 Å². The van der Waals surface area contributed by atoms with Crippen molar-refractivity contribution in [2.75, 3.05) is 13.7 Å². The smallest absolute Gasteiger partial charge is 0.545 e. The van der Waals surface area contributed by atoms with Crippen molar-refractivity contribution in [3.63, 3.8) is 0 Å². The zero-order valence-corrected chi connectivity index (χ0v) is 10.7. The van der Waals surface area contributed by atoms with Gasteiger partial charge < -0.3 is 15.5 Å². The number of rotatable bonds is 1. The first-order chi connectivity index (χ1) is 6.15. The van der Waals surface area contributed by atoms with Crippen LogP contribution in [0, 0.1) is 12.5 Å². The van der Waals surface area contributed by atoms with E-state index in [2.05, 4.69) is 44.5 Å². The quantitative estimate of drug-likeness (QED) is 0.447. The zero-order valence-electron chi connectivity index (χ0n) is 8.98. The van der Waals surface area contributed by atoms with Crippen molar-refractivity contribution in [2.24, 2.45) is 0 Å². The van der Waals surface area contributed by atoms with E-state index < -0.39 is 0 Å². The maximum absolute atomic E-state index is 7.75. The van der Waals surface area contributed by atoms with Crippen LogP contribution in [0.25, 0.3) is 4.85 Å². The summed E-state index contributed by atoms with van der Waals surface area (Å²) < 4.78 is 0. The molecule has 0 aromatic heterocycles. The molecule has 0 spiro atoms. The second kappa shape index (κ2) is 55.2. The molecule has 0 bridgehead atoms. The van der Waals surface area contributed by atoms with Gasteiger partial charge >= 0.3 is 19.5 Å². The number of carbonyl (C=O) groups excluding carboxylic acids is 2. The minimum absolute atomic E-state index is 0. The van der Waals surface area contributed by atoms with E-state index >= 15 is 0 Å². The van der Waals surface area contributed by atoms with Crippen LogP contribution in [-0.4, -0.2) is 27.3 Å². The molecule has 1 N–H and O–H groups in total. The van der Waals surface area contributed by atoms with Crippen molar-refractivity contribution >= 4 is 13.6 Å². The largest absolute Gasteiger partial charge is 4.00 e. The summed E-state index contributed by atoms with van der Waals surface area (Å²) in [6.45, 7) is 19.3. The molecule has 14 heavy (non-hydrogen) atoms. The Kier molecular flexibility index (Phi) is 115. The molecule has 0 saturated heterocycles. The molecule has 0 aliphatic rings. The van der Waals surface area contributed by atoms with Crippen molar-refractivity contribution < 1.29 is 29.1 Å². The van der Waals surface area contributed by atoms with Gasteiger partial charge in [-0.3, -0.25) is 23.7 Å². The molecule has 0 radical (unpaired) electrons. The Bertz CT molecular complexity index is 101. The van der Waals surface area contributed by atoms with E-state index in [9.17, 15) is 0 Å². The van der Waals surface area contributed by atoms with Gasteiger partial charge in [0.2, 0.25) is 0 Å². The summed E-state index contributed by atoms with van der Waals surface area (Å²) in [4.78, 5) is 18.5. The summed E-state index contributed by atoms with van der Waals surface area (Å²) in [5, 5.41) is 2.66. The van der Waals surface area contributed by atoms with Crippen LogP contribution in [0.5, 0.6) is 0 Å². The summed E-state index contributed by atoms with van der Waals surface area (Å²) >= 11 is 0. The molecule has 5 heteroatoms. The molecule has 0 aromatic carbocycles. The number of nitrogens with zero attached hydrogens (tertiary/aromatic N) is 1. The molecule has 0 rings (SSSR count). The molecule has 0 saturated carbocycles. The fourth-order valence-electron chi connectivity index (χ4n) is 0.0791. The molecule has 0 amide bonds. The van der Waals surface area contributed by atoms with Crippen LogP contribution in [0.2, 0.25) is 0 Å². The second-order valence-corrected chi connectivity index (χ2v) is 2.17. The van der Waals surface area contributed by atoms with Crippen LogP contribution in [0.15, 0.2) is 0 Å². The van der Waals surface area contributed by atoms with Gasteiger partial charge in [-0.15, -0.1) is 0 Å². The van der Waals surface area contributed by atoms with Crippen LogP contribution >= 0.6 is 0 Å². The molecule has 0 fully saturated rings. The monoisotopic (exact) mass is 287 g/mol. The van der Waals surface area contributed by atoms with E-state index in [4.69, 9.17) is 16.2 Å². The summed E-state index contributed by atoms with van der Waals surface area (Å²) in [5.74, 6) is 1.42. The maximum Gasteiger partial charge on any atom is 4.00 e. The van der Waals surface area contributed by atoms with Crippen LogP contribution in [0.1, 0.15) is 20.8 Å². The Morgan fingerprint density at radius 1 is 1.21 bits per heavy atom. The molecular formula is C9H17N2O2Ru+. The first-order valence-electron chi connectivity index (χ1n) is 3.36. The van der Waals surface area contributed by atoms with Gasteiger partial charge in [0.05, 0.1) is 0 Å². The predicted molar refractivity (Wildman–Crippen MR) is 54.3 cm³/mol. The van der Waals surface area contributed by atoms with E-state index in [0.717, 1.165) is 0 Å². The van der Waals surface area contributed by atoms with Crippen molar-refractivity contribution in [3.8, 4) is 0 Å². The van der Waals surface area contributed by atoms with Gasteiger partial charge in [-0.2, -0.15) is 20.8 Å². The van der Waals surface area contributed by atoms with E-state index in [0.29, 0.717) is 6.67 Å². The van der Waals surface area contributed by atoms with E-state index in [1.165, 1.54) is 5.92 Å². The number of hydrogen-bond donors (Lipinski definition) is 1. The summed E-state index contributed by atoms with van der Waals surface area (Å²) in [5.41, 5.74) is 0. The molecular weight excluding hydrogens is 269 g/mol. The van der Waals surface area contributed by atoms with E-state index in [-0.39, 0.29) is 19.5 Å². The Balaban J connectivity index is -0.0000000273. The van der Waals surface area contributed by atoms with Gasteiger partial charge in [0.15, 0.2) is 0 Å². The van der Waals surface area contributed by atoms with Gasteiger partial charge in [0, 0.05) is 0 Å². The summed E-state index contributed by atoms with van der Waals surface area (Å²) in [6.07, 6.45) is 0. The minimum atomic E-state index is 0. The molecule has 0 heterocycles. The van der Waals surface area contributed by atoms with Crippen LogP contribution in [-0.2, 0) is 29.1 Å². The van der Waals surface area contributed by atoms with Gasteiger partial charge in [0.1, 0.15) is 0 Å². The minimum Gasteiger partial charge on any atom is -0.545 e. The molecule has 0 aliphatic heterocycles. The van der Waals surface area contributed by atoms with Crippen molar-refractivity contribution in [1.29, 1.82) is 0 Å². The van der Waals surface area contributed by atoms with Gasteiger partial charge in [-0.05, 0) is 7.05 Å². The van der Waals surface area contributed by atoms with Crippen molar-refractivity contribution in [1.82, 2.24) is 5.32 Å². The van der Waals surface area contributed by atoms with Crippen LogP contribution < -0.4 is 5.32 Å². The third-order valence-electron chi connectivity index (χ3n) is 0.237. The Morgan fingerprint density at radius 3 is 1.43 bits per heavy atom. The Morgan fingerprint density at radius 2 is 1.43 bits per heavy atom. The standard InChI is InChI=1S/C4H9.C3H6N2.2CHO.Ru/c1-4(2)3;1-4-3-5-2;2*1-2;/h1-3H3;4H,3H2,1H3;2*1H;/q-1;;2*-1;+4. The molecule has 4 nitrogen and oxygen atoms in total. The predicted octanol–water partition coefficient (Wildman–Crippen LogP) is 1.15. The van der Waals surface area contributed by atoms with Crippen molar-refractivity contribution in [3.05, 3.63) is 17.3 Å². The molecule has 0 unspecified atom stereocenters. The molecule has 82 valence electrons. The Hall–Kier alpha value is -0.587. The number of nitrogens with one attached hydrogen (secondary N) is 1.